The van der Waals surface area contributed by atoms with Crippen LogP contribution in [0.5, 0.6) is 5.75 Å². The number of hydrogen-bond donors (Lipinski definition) is 2. The van der Waals surface area contributed by atoms with E-state index in [2.05, 4.69) is 5.32 Å². The molecule has 5 heteroatoms. The molecular weight excluding hydrogens is 244 g/mol. The van der Waals surface area contributed by atoms with Gasteiger partial charge in [0.05, 0.1) is 13.2 Å². The largest absolute Gasteiger partial charge is 0.497 e. The van der Waals surface area contributed by atoms with Gasteiger partial charge in [-0.05, 0) is 49.6 Å². The van der Waals surface area contributed by atoms with Crippen molar-refractivity contribution in [2.24, 2.45) is 11.7 Å². The first-order chi connectivity index (χ1) is 9.21. The number of hydrogen-bond acceptors (Lipinski definition) is 4. The number of nitrogens with one attached hydrogen (secondary N) is 1. The lowest BCUT2D eigenvalue weighted by atomic mass is 9.82. The van der Waals surface area contributed by atoms with Crippen LogP contribution in [0.15, 0.2) is 24.3 Å². The minimum atomic E-state index is -0.138. The molecule has 0 bridgehead atoms. The number of carbonyl (C=O) groups is 1. The Morgan fingerprint density at radius 1 is 1.37 bits per heavy atom. The fraction of sp³-hybridized carbons (Fsp3) is 0.500. The highest BCUT2D eigenvalue weighted by Gasteiger charge is 2.28. The van der Waals surface area contributed by atoms with E-state index in [1.807, 2.05) is 0 Å². The van der Waals surface area contributed by atoms with Crippen LogP contribution < -0.4 is 15.8 Å². The van der Waals surface area contributed by atoms with Gasteiger partial charge in [-0.2, -0.15) is 0 Å². The molecule has 0 aliphatic heterocycles. The Balaban J connectivity index is 1.69. The molecule has 1 aromatic carbocycles. The van der Waals surface area contributed by atoms with Crippen molar-refractivity contribution in [1.29, 1.82) is 0 Å². The van der Waals surface area contributed by atoms with Crippen LogP contribution in [0.1, 0.15) is 12.8 Å². The van der Waals surface area contributed by atoms with Gasteiger partial charge in [-0.1, -0.05) is 0 Å². The first kappa shape index (κ1) is 13.8. The minimum absolute atomic E-state index is 0.0913. The summed E-state index contributed by atoms with van der Waals surface area (Å²) in [6.07, 6.45) is 2.12. The smallest absolute Gasteiger partial charge is 0.250 e. The van der Waals surface area contributed by atoms with E-state index in [9.17, 15) is 4.79 Å². The van der Waals surface area contributed by atoms with Crippen molar-refractivity contribution >= 4 is 11.6 Å². The molecule has 3 N–H and O–H groups in total. The predicted molar refractivity (Wildman–Crippen MR) is 73.1 cm³/mol. The zero-order chi connectivity index (χ0) is 13.7. The van der Waals surface area contributed by atoms with Gasteiger partial charge >= 0.3 is 0 Å². The van der Waals surface area contributed by atoms with Crippen LogP contribution in [0.4, 0.5) is 5.69 Å². The molecule has 0 saturated heterocycles. The number of rotatable bonds is 6. The molecule has 1 aliphatic rings. The molecule has 104 valence electrons. The SMILES string of the molecule is COc1ccc(NC(=O)COC2CC(CN)C2)cc1. The number of nitrogens with two attached hydrogens (primary N) is 1. The summed E-state index contributed by atoms with van der Waals surface area (Å²) in [6.45, 7) is 0.798. The molecule has 1 fully saturated rings. The lowest BCUT2D eigenvalue weighted by Gasteiger charge is -2.33. The van der Waals surface area contributed by atoms with E-state index in [1.54, 1.807) is 31.4 Å². The zero-order valence-electron chi connectivity index (χ0n) is 11.1. The van der Waals surface area contributed by atoms with E-state index in [0.717, 1.165) is 24.3 Å². The number of benzene rings is 1. The maximum absolute atomic E-state index is 11.7. The predicted octanol–water partition coefficient (Wildman–Crippen LogP) is 1.39. The molecule has 0 heterocycles. The highest BCUT2D eigenvalue weighted by atomic mass is 16.5. The van der Waals surface area contributed by atoms with Crippen LogP contribution in [0.3, 0.4) is 0 Å². The fourth-order valence-electron chi connectivity index (χ4n) is 2.07. The standard InChI is InChI=1S/C14H20N2O3/c1-18-12-4-2-11(3-5-12)16-14(17)9-19-13-6-10(7-13)8-15/h2-5,10,13H,6-9,15H2,1H3,(H,16,17). The molecule has 0 unspecified atom stereocenters. The topological polar surface area (TPSA) is 73.6 Å². The summed E-state index contributed by atoms with van der Waals surface area (Å²) in [7, 11) is 1.61. The van der Waals surface area contributed by atoms with Gasteiger partial charge < -0.3 is 20.5 Å². The Labute approximate surface area is 113 Å². The summed E-state index contributed by atoms with van der Waals surface area (Å²) in [6, 6.07) is 7.19. The number of amides is 1. The monoisotopic (exact) mass is 264 g/mol. The Hall–Kier alpha value is -1.59. The number of anilines is 1. The first-order valence-electron chi connectivity index (χ1n) is 6.47. The van der Waals surface area contributed by atoms with Crippen molar-refractivity contribution < 1.29 is 14.3 Å². The van der Waals surface area contributed by atoms with Crippen molar-refractivity contribution in [3.8, 4) is 5.75 Å². The van der Waals surface area contributed by atoms with E-state index in [0.29, 0.717) is 12.5 Å². The summed E-state index contributed by atoms with van der Waals surface area (Å²) < 4.78 is 10.5. The van der Waals surface area contributed by atoms with Crippen LogP contribution in [0.25, 0.3) is 0 Å². The molecule has 0 aromatic heterocycles. The van der Waals surface area contributed by atoms with E-state index in [1.165, 1.54) is 0 Å². The highest BCUT2D eigenvalue weighted by molar-refractivity contribution is 5.91. The molecule has 1 amide bonds. The van der Waals surface area contributed by atoms with Gasteiger partial charge in [0.1, 0.15) is 12.4 Å². The van der Waals surface area contributed by atoms with Crippen LogP contribution >= 0.6 is 0 Å². The van der Waals surface area contributed by atoms with Crippen molar-refractivity contribution in [2.75, 3.05) is 25.6 Å². The quantitative estimate of drug-likeness (QED) is 0.814. The van der Waals surface area contributed by atoms with E-state index < -0.39 is 0 Å². The van der Waals surface area contributed by atoms with Gasteiger partial charge in [0.15, 0.2) is 0 Å². The van der Waals surface area contributed by atoms with E-state index in [4.69, 9.17) is 15.2 Å². The molecule has 19 heavy (non-hydrogen) atoms. The molecule has 0 spiro atoms. The Kier molecular flexibility index (Phi) is 4.76. The van der Waals surface area contributed by atoms with Crippen LogP contribution in [-0.4, -0.2) is 32.3 Å². The van der Waals surface area contributed by atoms with E-state index in [-0.39, 0.29) is 18.6 Å². The van der Waals surface area contributed by atoms with Crippen molar-refractivity contribution in [3.63, 3.8) is 0 Å². The normalized spacial score (nSPS) is 21.6. The summed E-state index contributed by atoms with van der Waals surface area (Å²) in [5.41, 5.74) is 6.27. The molecule has 1 aliphatic carbocycles. The summed E-state index contributed by atoms with van der Waals surface area (Å²) >= 11 is 0. The summed E-state index contributed by atoms with van der Waals surface area (Å²) in [5, 5.41) is 2.78. The van der Waals surface area contributed by atoms with Gasteiger partial charge in [-0.25, -0.2) is 0 Å². The van der Waals surface area contributed by atoms with Crippen LogP contribution in [0.2, 0.25) is 0 Å². The van der Waals surface area contributed by atoms with E-state index >= 15 is 0 Å². The summed E-state index contributed by atoms with van der Waals surface area (Å²) in [5.74, 6) is 1.19. The lowest BCUT2D eigenvalue weighted by molar-refractivity contribution is -0.125. The molecular formula is C14H20N2O3. The fourth-order valence-corrected chi connectivity index (χ4v) is 2.07. The number of methoxy groups -OCH3 is 1. The third-order valence-electron chi connectivity index (χ3n) is 3.35. The molecule has 0 radical (unpaired) electrons. The van der Waals surface area contributed by atoms with Gasteiger partial charge in [0, 0.05) is 5.69 Å². The molecule has 2 rings (SSSR count). The second-order valence-electron chi connectivity index (χ2n) is 4.78. The van der Waals surface area contributed by atoms with Crippen molar-refractivity contribution in [3.05, 3.63) is 24.3 Å². The van der Waals surface area contributed by atoms with Gasteiger partial charge in [-0.3, -0.25) is 4.79 Å². The minimum Gasteiger partial charge on any atom is -0.497 e. The van der Waals surface area contributed by atoms with Crippen LogP contribution in [0, 0.1) is 5.92 Å². The second-order valence-corrected chi connectivity index (χ2v) is 4.78. The Morgan fingerprint density at radius 3 is 2.63 bits per heavy atom. The van der Waals surface area contributed by atoms with Gasteiger partial charge in [-0.15, -0.1) is 0 Å². The first-order valence-corrected chi connectivity index (χ1v) is 6.47. The summed E-state index contributed by atoms with van der Waals surface area (Å²) in [4.78, 5) is 11.7. The van der Waals surface area contributed by atoms with Gasteiger partial charge in [0.25, 0.3) is 0 Å². The third kappa shape index (κ3) is 3.94. The Morgan fingerprint density at radius 2 is 2.05 bits per heavy atom. The third-order valence-corrected chi connectivity index (χ3v) is 3.35. The van der Waals surface area contributed by atoms with Crippen LogP contribution in [-0.2, 0) is 9.53 Å². The average molecular weight is 264 g/mol. The lowest BCUT2D eigenvalue weighted by Crippen LogP contribution is -2.37. The van der Waals surface area contributed by atoms with Crippen molar-refractivity contribution in [2.45, 2.75) is 18.9 Å². The number of ether oxygens (including phenoxy) is 2. The Bertz CT molecular complexity index is 413. The molecule has 0 atom stereocenters. The van der Waals surface area contributed by atoms with Gasteiger partial charge in [0.2, 0.25) is 5.91 Å². The maximum atomic E-state index is 11.7. The van der Waals surface area contributed by atoms with Crippen molar-refractivity contribution in [1.82, 2.24) is 0 Å². The zero-order valence-corrected chi connectivity index (χ0v) is 11.1. The maximum Gasteiger partial charge on any atom is 0.250 e. The highest BCUT2D eigenvalue weighted by Crippen LogP contribution is 2.28. The molecule has 1 aromatic rings. The molecule has 1 saturated carbocycles. The number of carbonyl (C=O) groups excluding carboxylic acids is 1. The molecule has 5 nitrogen and oxygen atoms in total. The average Bonchev–Trinajstić information content (AvgIpc) is 2.38. The second kappa shape index (κ2) is 6.54.